The van der Waals surface area contributed by atoms with Crippen molar-refractivity contribution in [3.63, 3.8) is 0 Å². The second kappa shape index (κ2) is 5.51. The molecule has 2 N–H and O–H groups in total. The molecule has 3 nitrogen and oxygen atoms in total. The summed E-state index contributed by atoms with van der Waals surface area (Å²) in [5, 5.41) is 0. The maximum atomic E-state index is 5.92. The highest BCUT2D eigenvalue weighted by Crippen LogP contribution is 2.23. The summed E-state index contributed by atoms with van der Waals surface area (Å²) in [5.74, 6) is 1.98. The highest BCUT2D eigenvalue weighted by molar-refractivity contribution is 5.06. The summed E-state index contributed by atoms with van der Waals surface area (Å²) in [7, 11) is 2.12. The van der Waals surface area contributed by atoms with E-state index in [9.17, 15) is 0 Å². The highest BCUT2D eigenvalue weighted by Gasteiger charge is 2.29. The Bertz CT molecular complexity index is 307. The molecule has 0 spiro atoms. The van der Waals surface area contributed by atoms with Crippen LogP contribution in [0.25, 0.3) is 0 Å². The molecular formula is C13H24N2O. The second-order valence-corrected chi connectivity index (χ2v) is 4.50. The van der Waals surface area contributed by atoms with Gasteiger partial charge in [0.05, 0.1) is 6.54 Å². The summed E-state index contributed by atoms with van der Waals surface area (Å²) in [5.41, 5.74) is 6.01. The van der Waals surface area contributed by atoms with Crippen molar-refractivity contribution in [2.75, 3.05) is 13.6 Å². The average Bonchev–Trinajstić information content (AvgIpc) is 2.67. The average molecular weight is 224 g/mol. The van der Waals surface area contributed by atoms with Gasteiger partial charge in [-0.25, -0.2) is 0 Å². The minimum atomic E-state index is 0.0979. The third kappa shape index (κ3) is 2.66. The van der Waals surface area contributed by atoms with E-state index in [0.29, 0.717) is 6.54 Å². The number of rotatable bonds is 6. The Morgan fingerprint density at radius 2 is 1.94 bits per heavy atom. The van der Waals surface area contributed by atoms with Gasteiger partial charge in [-0.2, -0.15) is 0 Å². The minimum absolute atomic E-state index is 0.0979. The summed E-state index contributed by atoms with van der Waals surface area (Å²) in [6.07, 6.45) is 2.13. The van der Waals surface area contributed by atoms with Crippen molar-refractivity contribution < 1.29 is 4.42 Å². The maximum Gasteiger partial charge on any atom is 0.118 e. The Kier molecular flexibility index (Phi) is 4.56. The summed E-state index contributed by atoms with van der Waals surface area (Å²) in [4.78, 5) is 2.31. The van der Waals surface area contributed by atoms with Crippen LogP contribution in [0.2, 0.25) is 0 Å². The molecule has 0 saturated carbocycles. The van der Waals surface area contributed by atoms with Gasteiger partial charge in [-0.05, 0) is 38.9 Å². The van der Waals surface area contributed by atoms with Gasteiger partial charge in [-0.15, -0.1) is 0 Å². The Balaban J connectivity index is 2.72. The van der Waals surface area contributed by atoms with Gasteiger partial charge in [-0.3, -0.25) is 4.90 Å². The minimum Gasteiger partial charge on any atom is -0.465 e. The number of furan rings is 1. The van der Waals surface area contributed by atoms with Crippen LogP contribution in [0.5, 0.6) is 0 Å². The van der Waals surface area contributed by atoms with Crippen molar-refractivity contribution in [1.29, 1.82) is 0 Å². The lowest BCUT2D eigenvalue weighted by atomic mass is 9.91. The SMILES string of the molecule is CCC(CC)(CN)N(C)Cc1ccc(C)o1. The molecular weight excluding hydrogens is 200 g/mol. The molecule has 1 aromatic heterocycles. The standard InChI is InChI=1S/C13H24N2O/c1-5-13(6-2,10-14)15(4)9-12-8-7-11(3)16-12/h7-8H,5-6,9-10,14H2,1-4H3. The Morgan fingerprint density at radius 3 is 2.31 bits per heavy atom. The van der Waals surface area contributed by atoms with Crippen molar-refractivity contribution in [2.24, 2.45) is 5.73 Å². The molecule has 0 aliphatic rings. The van der Waals surface area contributed by atoms with E-state index in [1.165, 1.54) is 0 Å². The molecule has 0 aromatic carbocycles. The van der Waals surface area contributed by atoms with Gasteiger partial charge in [-0.1, -0.05) is 13.8 Å². The lowest BCUT2D eigenvalue weighted by Crippen LogP contribution is -2.50. The van der Waals surface area contributed by atoms with Crippen LogP contribution in [0.15, 0.2) is 16.5 Å². The van der Waals surface area contributed by atoms with Gasteiger partial charge in [0.25, 0.3) is 0 Å². The number of nitrogens with two attached hydrogens (primary N) is 1. The fraction of sp³-hybridized carbons (Fsp3) is 0.692. The van der Waals surface area contributed by atoms with E-state index in [1.54, 1.807) is 0 Å². The summed E-state index contributed by atoms with van der Waals surface area (Å²) in [6.45, 7) is 7.88. The van der Waals surface area contributed by atoms with Crippen LogP contribution >= 0.6 is 0 Å². The Hall–Kier alpha value is -0.800. The molecule has 0 bridgehead atoms. The molecule has 0 amide bonds. The van der Waals surface area contributed by atoms with E-state index in [2.05, 4.69) is 25.8 Å². The maximum absolute atomic E-state index is 5.92. The topological polar surface area (TPSA) is 42.4 Å². The smallest absolute Gasteiger partial charge is 0.118 e. The second-order valence-electron chi connectivity index (χ2n) is 4.50. The predicted octanol–water partition coefficient (Wildman–Crippen LogP) is 2.54. The molecule has 0 saturated heterocycles. The predicted molar refractivity (Wildman–Crippen MR) is 67.3 cm³/mol. The van der Waals surface area contributed by atoms with Gasteiger partial charge in [0.15, 0.2) is 0 Å². The molecule has 0 unspecified atom stereocenters. The normalized spacial score (nSPS) is 12.4. The van der Waals surface area contributed by atoms with E-state index in [4.69, 9.17) is 10.2 Å². The van der Waals surface area contributed by atoms with Crippen LogP contribution in [-0.4, -0.2) is 24.0 Å². The third-order valence-corrected chi connectivity index (χ3v) is 3.69. The highest BCUT2D eigenvalue weighted by atomic mass is 16.3. The van der Waals surface area contributed by atoms with Crippen LogP contribution in [0, 0.1) is 6.92 Å². The summed E-state index contributed by atoms with van der Waals surface area (Å²) < 4.78 is 5.60. The first kappa shape index (κ1) is 13.3. The van der Waals surface area contributed by atoms with Gasteiger partial charge in [0.2, 0.25) is 0 Å². The van der Waals surface area contributed by atoms with E-state index < -0.39 is 0 Å². The molecule has 0 aliphatic heterocycles. The molecule has 0 atom stereocenters. The molecule has 16 heavy (non-hydrogen) atoms. The lowest BCUT2D eigenvalue weighted by Gasteiger charge is -2.39. The monoisotopic (exact) mass is 224 g/mol. The Labute approximate surface area is 98.6 Å². The van der Waals surface area contributed by atoms with E-state index in [0.717, 1.165) is 30.9 Å². The first-order chi connectivity index (χ1) is 7.57. The van der Waals surface area contributed by atoms with Crippen molar-refractivity contribution >= 4 is 0 Å². The molecule has 0 fully saturated rings. The van der Waals surface area contributed by atoms with Gasteiger partial charge >= 0.3 is 0 Å². The number of nitrogens with zero attached hydrogens (tertiary/aromatic N) is 1. The molecule has 1 aromatic rings. The third-order valence-electron chi connectivity index (χ3n) is 3.69. The van der Waals surface area contributed by atoms with Crippen molar-refractivity contribution in [3.8, 4) is 0 Å². The summed E-state index contributed by atoms with van der Waals surface area (Å²) >= 11 is 0. The quantitative estimate of drug-likeness (QED) is 0.807. The van der Waals surface area contributed by atoms with Crippen molar-refractivity contribution in [2.45, 2.75) is 45.7 Å². The summed E-state index contributed by atoms with van der Waals surface area (Å²) in [6, 6.07) is 4.05. The van der Waals surface area contributed by atoms with Crippen LogP contribution < -0.4 is 5.73 Å². The molecule has 0 radical (unpaired) electrons. The van der Waals surface area contributed by atoms with E-state index in [1.807, 2.05) is 19.1 Å². The van der Waals surface area contributed by atoms with Crippen molar-refractivity contribution in [3.05, 3.63) is 23.7 Å². The van der Waals surface area contributed by atoms with Gasteiger partial charge < -0.3 is 10.2 Å². The number of likely N-dealkylation sites (N-methyl/N-ethyl adjacent to an activating group) is 1. The fourth-order valence-electron chi connectivity index (χ4n) is 2.21. The zero-order chi connectivity index (χ0) is 12.2. The molecule has 3 heteroatoms. The van der Waals surface area contributed by atoms with E-state index >= 15 is 0 Å². The number of hydrogen-bond donors (Lipinski definition) is 1. The van der Waals surface area contributed by atoms with Gasteiger partial charge in [0, 0.05) is 12.1 Å². The largest absolute Gasteiger partial charge is 0.465 e. The first-order valence-electron chi connectivity index (χ1n) is 6.04. The zero-order valence-electron chi connectivity index (χ0n) is 10.9. The fourth-order valence-corrected chi connectivity index (χ4v) is 2.21. The number of hydrogen-bond acceptors (Lipinski definition) is 3. The lowest BCUT2D eigenvalue weighted by molar-refractivity contribution is 0.0995. The van der Waals surface area contributed by atoms with Crippen LogP contribution in [0.4, 0.5) is 0 Å². The van der Waals surface area contributed by atoms with Crippen LogP contribution in [0.1, 0.15) is 38.2 Å². The zero-order valence-corrected chi connectivity index (χ0v) is 10.9. The van der Waals surface area contributed by atoms with Crippen LogP contribution in [0.3, 0.4) is 0 Å². The molecule has 0 aliphatic carbocycles. The molecule has 1 rings (SSSR count). The Morgan fingerprint density at radius 1 is 1.31 bits per heavy atom. The number of aryl methyl sites for hydroxylation is 1. The van der Waals surface area contributed by atoms with Crippen molar-refractivity contribution in [1.82, 2.24) is 4.90 Å². The molecule has 92 valence electrons. The van der Waals surface area contributed by atoms with Crippen LogP contribution in [-0.2, 0) is 6.54 Å². The molecule has 1 heterocycles. The van der Waals surface area contributed by atoms with E-state index in [-0.39, 0.29) is 5.54 Å². The van der Waals surface area contributed by atoms with Gasteiger partial charge in [0.1, 0.15) is 11.5 Å². The first-order valence-corrected chi connectivity index (χ1v) is 6.04.